The predicted molar refractivity (Wildman–Crippen MR) is 38.3 cm³/mol. The molecule has 0 aliphatic carbocycles. The molecule has 1 rings (SSSR count). The largest absolute Gasteiger partial charge is 0.369 e. The Labute approximate surface area is 60.6 Å². The van der Waals surface area contributed by atoms with Crippen molar-refractivity contribution >= 4 is 5.91 Å². The summed E-state index contributed by atoms with van der Waals surface area (Å²) in [5, 5.41) is 0. The van der Waals surface area contributed by atoms with E-state index in [2.05, 4.69) is 4.90 Å². The van der Waals surface area contributed by atoms with Gasteiger partial charge in [0.25, 0.3) is 0 Å². The predicted octanol–water partition coefficient (Wildman–Crippen LogP) is -1.32. The first-order chi connectivity index (χ1) is 4.68. The van der Waals surface area contributed by atoms with Crippen molar-refractivity contribution < 1.29 is 4.79 Å². The number of carbonyl (C=O) groups is 1. The Balaban J connectivity index is 2.24. The molecule has 1 aliphatic heterocycles. The van der Waals surface area contributed by atoms with E-state index < -0.39 is 0 Å². The molecular formula is C6H13N3O. The summed E-state index contributed by atoms with van der Waals surface area (Å²) in [5.74, 6) is -0.240. The first-order valence-electron chi connectivity index (χ1n) is 3.37. The molecule has 2 N–H and O–H groups in total. The van der Waals surface area contributed by atoms with E-state index in [0.29, 0.717) is 6.54 Å². The molecule has 0 unspecified atom stereocenters. The lowest BCUT2D eigenvalue weighted by atomic mass is 10.5. The normalized spacial score (nSPS) is 21.7. The SMILES string of the molecule is CN1CCN(CC(N)=O)C1. The Morgan fingerprint density at radius 3 is 2.70 bits per heavy atom. The number of carbonyl (C=O) groups excluding carboxylic acids is 1. The Kier molecular flexibility index (Phi) is 2.24. The van der Waals surface area contributed by atoms with E-state index >= 15 is 0 Å². The minimum Gasteiger partial charge on any atom is -0.369 e. The number of likely N-dealkylation sites (N-methyl/N-ethyl adjacent to an activating group) is 1. The Morgan fingerprint density at radius 1 is 1.60 bits per heavy atom. The minimum absolute atomic E-state index is 0.240. The van der Waals surface area contributed by atoms with E-state index in [4.69, 9.17) is 5.73 Å². The molecule has 0 aromatic rings. The Hall–Kier alpha value is -0.610. The molecule has 0 bridgehead atoms. The molecule has 0 radical (unpaired) electrons. The van der Waals surface area contributed by atoms with Crippen LogP contribution in [0.5, 0.6) is 0 Å². The second-order valence-corrected chi connectivity index (χ2v) is 2.74. The van der Waals surface area contributed by atoms with E-state index in [0.717, 1.165) is 19.8 Å². The van der Waals surface area contributed by atoms with Gasteiger partial charge in [0.05, 0.1) is 13.2 Å². The van der Waals surface area contributed by atoms with Crippen molar-refractivity contribution in [1.82, 2.24) is 9.80 Å². The van der Waals surface area contributed by atoms with Crippen LogP contribution in [0.1, 0.15) is 0 Å². The van der Waals surface area contributed by atoms with E-state index in [1.165, 1.54) is 0 Å². The summed E-state index contributed by atoms with van der Waals surface area (Å²) >= 11 is 0. The molecule has 0 spiro atoms. The highest BCUT2D eigenvalue weighted by molar-refractivity contribution is 5.75. The second kappa shape index (κ2) is 2.98. The molecule has 4 heteroatoms. The average Bonchev–Trinajstić information content (AvgIpc) is 2.13. The lowest BCUT2D eigenvalue weighted by Crippen LogP contribution is -2.32. The molecule has 1 heterocycles. The van der Waals surface area contributed by atoms with E-state index in [-0.39, 0.29) is 5.91 Å². The number of nitrogens with two attached hydrogens (primary N) is 1. The van der Waals surface area contributed by atoms with Crippen molar-refractivity contribution in [2.75, 3.05) is 33.4 Å². The molecule has 58 valence electrons. The van der Waals surface area contributed by atoms with Crippen molar-refractivity contribution in [2.24, 2.45) is 5.73 Å². The first kappa shape index (κ1) is 7.50. The number of hydrogen-bond acceptors (Lipinski definition) is 3. The van der Waals surface area contributed by atoms with Crippen LogP contribution in [0, 0.1) is 0 Å². The Bertz CT molecular complexity index is 137. The van der Waals surface area contributed by atoms with Crippen LogP contribution in [-0.4, -0.2) is 49.1 Å². The van der Waals surface area contributed by atoms with Crippen molar-refractivity contribution in [3.05, 3.63) is 0 Å². The molecule has 1 saturated heterocycles. The maximum Gasteiger partial charge on any atom is 0.231 e. The molecule has 1 amide bonds. The second-order valence-electron chi connectivity index (χ2n) is 2.74. The summed E-state index contributed by atoms with van der Waals surface area (Å²) in [6, 6.07) is 0. The number of amides is 1. The summed E-state index contributed by atoms with van der Waals surface area (Å²) in [4.78, 5) is 14.6. The molecule has 10 heavy (non-hydrogen) atoms. The number of hydrogen-bond donors (Lipinski definition) is 1. The molecular weight excluding hydrogens is 130 g/mol. The smallest absolute Gasteiger partial charge is 0.231 e. The van der Waals surface area contributed by atoms with Gasteiger partial charge in [-0.25, -0.2) is 0 Å². The third-order valence-corrected chi connectivity index (χ3v) is 1.62. The van der Waals surface area contributed by atoms with Gasteiger partial charge in [-0.2, -0.15) is 0 Å². The van der Waals surface area contributed by atoms with Gasteiger partial charge in [0.1, 0.15) is 0 Å². The fourth-order valence-corrected chi connectivity index (χ4v) is 1.14. The van der Waals surface area contributed by atoms with Crippen LogP contribution in [0.4, 0.5) is 0 Å². The molecule has 1 aliphatic rings. The monoisotopic (exact) mass is 143 g/mol. The summed E-state index contributed by atoms with van der Waals surface area (Å²) < 4.78 is 0. The van der Waals surface area contributed by atoms with E-state index in [9.17, 15) is 4.79 Å². The van der Waals surface area contributed by atoms with Crippen molar-refractivity contribution in [1.29, 1.82) is 0 Å². The lowest BCUT2D eigenvalue weighted by Gasteiger charge is -2.11. The molecule has 4 nitrogen and oxygen atoms in total. The fraction of sp³-hybridized carbons (Fsp3) is 0.833. The van der Waals surface area contributed by atoms with Crippen molar-refractivity contribution in [2.45, 2.75) is 0 Å². The van der Waals surface area contributed by atoms with Gasteiger partial charge in [-0.1, -0.05) is 0 Å². The van der Waals surface area contributed by atoms with Gasteiger partial charge < -0.3 is 5.73 Å². The highest BCUT2D eigenvalue weighted by atomic mass is 16.1. The average molecular weight is 143 g/mol. The van der Waals surface area contributed by atoms with Gasteiger partial charge in [0, 0.05) is 13.1 Å². The summed E-state index contributed by atoms with van der Waals surface area (Å²) in [6.45, 7) is 3.25. The summed E-state index contributed by atoms with van der Waals surface area (Å²) in [6.07, 6.45) is 0. The zero-order valence-electron chi connectivity index (χ0n) is 6.21. The standard InChI is InChI=1S/C6H13N3O/c1-8-2-3-9(5-8)4-6(7)10/h2-5H2,1H3,(H2,7,10). The molecule has 0 atom stereocenters. The molecule has 1 fully saturated rings. The van der Waals surface area contributed by atoms with Crippen molar-refractivity contribution in [3.63, 3.8) is 0 Å². The van der Waals surface area contributed by atoms with E-state index in [1.54, 1.807) is 0 Å². The maximum absolute atomic E-state index is 10.4. The lowest BCUT2D eigenvalue weighted by molar-refractivity contribution is -0.119. The van der Waals surface area contributed by atoms with Crippen LogP contribution >= 0.6 is 0 Å². The van der Waals surface area contributed by atoms with Gasteiger partial charge in [-0.15, -0.1) is 0 Å². The number of rotatable bonds is 2. The van der Waals surface area contributed by atoms with Crippen LogP contribution in [0.3, 0.4) is 0 Å². The zero-order valence-corrected chi connectivity index (χ0v) is 6.21. The van der Waals surface area contributed by atoms with Crippen LogP contribution in [0.25, 0.3) is 0 Å². The number of primary amides is 1. The fourth-order valence-electron chi connectivity index (χ4n) is 1.14. The minimum atomic E-state index is -0.240. The van der Waals surface area contributed by atoms with Crippen LogP contribution in [0.2, 0.25) is 0 Å². The van der Waals surface area contributed by atoms with Gasteiger partial charge in [-0.05, 0) is 7.05 Å². The molecule has 0 aromatic carbocycles. The van der Waals surface area contributed by atoms with Crippen LogP contribution in [-0.2, 0) is 4.79 Å². The topological polar surface area (TPSA) is 49.6 Å². The quantitative estimate of drug-likeness (QED) is 0.521. The first-order valence-corrected chi connectivity index (χ1v) is 3.37. The third kappa shape index (κ3) is 1.97. The number of nitrogens with zero attached hydrogens (tertiary/aromatic N) is 2. The highest BCUT2D eigenvalue weighted by Gasteiger charge is 2.16. The van der Waals surface area contributed by atoms with Crippen LogP contribution in [0.15, 0.2) is 0 Å². The van der Waals surface area contributed by atoms with Gasteiger partial charge in [0.15, 0.2) is 0 Å². The Morgan fingerprint density at radius 2 is 2.30 bits per heavy atom. The zero-order chi connectivity index (χ0) is 7.56. The highest BCUT2D eigenvalue weighted by Crippen LogP contribution is 1.99. The van der Waals surface area contributed by atoms with Gasteiger partial charge in [0.2, 0.25) is 5.91 Å². The maximum atomic E-state index is 10.4. The summed E-state index contributed by atoms with van der Waals surface area (Å²) in [5.41, 5.74) is 5.02. The van der Waals surface area contributed by atoms with Gasteiger partial charge in [-0.3, -0.25) is 14.6 Å². The van der Waals surface area contributed by atoms with Gasteiger partial charge >= 0.3 is 0 Å². The third-order valence-electron chi connectivity index (χ3n) is 1.62. The molecule has 0 aromatic heterocycles. The van der Waals surface area contributed by atoms with Crippen molar-refractivity contribution in [3.8, 4) is 0 Å². The van der Waals surface area contributed by atoms with E-state index in [1.807, 2.05) is 11.9 Å². The summed E-state index contributed by atoms with van der Waals surface area (Å²) in [7, 11) is 2.03. The molecule has 0 saturated carbocycles. The van der Waals surface area contributed by atoms with Crippen LogP contribution < -0.4 is 5.73 Å².